The van der Waals surface area contributed by atoms with Crippen molar-refractivity contribution >= 4 is 29.9 Å². The SMILES string of the molecule is CCCc1c(C(=O)NC2CNCCC2C)nnn1-c1cccc(Cl)c1.Cl. The number of rotatable bonds is 5. The second kappa shape index (κ2) is 9.35. The van der Waals surface area contributed by atoms with E-state index in [1.54, 1.807) is 4.68 Å². The van der Waals surface area contributed by atoms with Crippen LogP contribution >= 0.6 is 24.0 Å². The Morgan fingerprint density at radius 2 is 2.27 bits per heavy atom. The minimum absolute atomic E-state index is 0. The van der Waals surface area contributed by atoms with E-state index in [0.717, 1.165) is 43.7 Å². The average Bonchev–Trinajstić information content (AvgIpc) is 3.01. The van der Waals surface area contributed by atoms with Gasteiger partial charge in [0.15, 0.2) is 5.69 Å². The van der Waals surface area contributed by atoms with Crippen LogP contribution in [-0.4, -0.2) is 40.0 Å². The lowest BCUT2D eigenvalue weighted by molar-refractivity contribution is 0.0909. The number of hydrogen-bond donors (Lipinski definition) is 2. The molecule has 2 aromatic rings. The van der Waals surface area contributed by atoms with Gasteiger partial charge < -0.3 is 10.6 Å². The van der Waals surface area contributed by atoms with Crippen LogP contribution in [0.1, 0.15) is 42.9 Å². The summed E-state index contributed by atoms with van der Waals surface area (Å²) in [7, 11) is 0. The summed E-state index contributed by atoms with van der Waals surface area (Å²) in [5.74, 6) is 0.292. The summed E-state index contributed by atoms with van der Waals surface area (Å²) >= 11 is 6.09. The van der Waals surface area contributed by atoms with Gasteiger partial charge in [-0.1, -0.05) is 43.1 Å². The zero-order valence-electron chi connectivity index (χ0n) is 15.0. The van der Waals surface area contributed by atoms with E-state index in [1.807, 2.05) is 24.3 Å². The number of benzene rings is 1. The molecule has 0 radical (unpaired) electrons. The zero-order valence-corrected chi connectivity index (χ0v) is 16.6. The lowest BCUT2D eigenvalue weighted by Crippen LogP contribution is -2.50. The molecule has 2 heterocycles. The van der Waals surface area contributed by atoms with E-state index in [4.69, 9.17) is 11.6 Å². The van der Waals surface area contributed by atoms with Crippen LogP contribution in [0.15, 0.2) is 24.3 Å². The first-order chi connectivity index (χ1) is 12.1. The molecule has 2 atom stereocenters. The minimum Gasteiger partial charge on any atom is -0.346 e. The fourth-order valence-electron chi connectivity index (χ4n) is 3.17. The van der Waals surface area contributed by atoms with Gasteiger partial charge in [0.2, 0.25) is 0 Å². The number of amides is 1. The third-order valence-corrected chi connectivity index (χ3v) is 4.90. The lowest BCUT2D eigenvalue weighted by atomic mass is 9.94. The molecule has 0 bridgehead atoms. The Balaban J connectivity index is 0.00000243. The molecule has 142 valence electrons. The molecule has 1 aliphatic heterocycles. The Hall–Kier alpha value is -1.63. The summed E-state index contributed by atoms with van der Waals surface area (Å²) in [5, 5.41) is 15.5. The van der Waals surface area contributed by atoms with Crippen molar-refractivity contribution in [2.45, 2.75) is 39.2 Å². The van der Waals surface area contributed by atoms with Crippen molar-refractivity contribution in [2.24, 2.45) is 5.92 Å². The highest BCUT2D eigenvalue weighted by Crippen LogP contribution is 2.19. The standard InChI is InChI=1S/C18H24ClN5O.ClH/c1-3-5-16-17(18(25)21-15-11-20-9-8-12(15)2)22-23-24(16)14-7-4-6-13(19)10-14;/h4,6-7,10,12,15,20H,3,5,8-9,11H2,1-2H3,(H,21,25);1H. The number of aromatic nitrogens is 3. The highest BCUT2D eigenvalue weighted by Gasteiger charge is 2.26. The molecule has 8 heteroatoms. The zero-order chi connectivity index (χ0) is 17.8. The normalized spacial score (nSPS) is 19.7. The van der Waals surface area contributed by atoms with Crippen LogP contribution < -0.4 is 10.6 Å². The van der Waals surface area contributed by atoms with Crippen molar-refractivity contribution in [3.8, 4) is 5.69 Å². The fraction of sp³-hybridized carbons (Fsp3) is 0.500. The van der Waals surface area contributed by atoms with Gasteiger partial charge in [0.25, 0.3) is 5.91 Å². The summed E-state index contributed by atoms with van der Waals surface area (Å²) in [6.45, 7) is 6.03. The summed E-state index contributed by atoms with van der Waals surface area (Å²) in [4.78, 5) is 12.8. The van der Waals surface area contributed by atoms with Crippen LogP contribution in [0.25, 0.3) is 5.69 Å². The predicted molar refractivity (Wildman–Crippen MR) is 106 cm³/mol. The van der Waals surface area contributed by atoms with Crippen LogP contribution in [0.3, 0.4) is 0 Å². The van der Waals surface area contributed by atoms with Crippen LogP contribution in [0.4, 0.5) is 0 Å². The highest BCUT2D eigenvalue weighted by atomic mass is 35.5. The molecule has 1 aromatic heterocycles. The third-order valence-electron chi connectivity index (χ3n) is 4.66. The summed E-state index contributed by atoms with van der Waals surface area (Å²) in [5.41, 5.74) is 2.04. The molecule has 1 fully saturated rings. The van der Waals surface area contributed by atoms with Crippen molar-refractivity contribution in [3.05, 3.63) is 40.7 Å². The maximum Gasteiger partial charge on any atom is 0.274 e. The molecule has 2 unspecified atom stereocenters. The third kappa shape index (κ3) is 4.55. The Morgan fingerprint density at radius 3 is 2.96 bits per heavy atom. The van der Waals surface area contributed by atoms with E-state index in [9.17, 15) is 4.79 Å². The van der Waals surface area contributed by atoms with Gasteiger partial charge in [0.05, 0.1) is 11.4 Å². The van der Waals surface area contributed by atoms with Crippen molar-refractivity contribution < 1.29 is 4.79 Å². The second-order valence-corrected chi connectivity index (χ2v) is 7.01. The van der Waals surface area contributed by atoms with Crippen molar-refractivity contribution in [3.63, 3.8) is 0 Å². The fourth-order valence-corrected chi connectivity index (χ4v) is 3.36. The van der Waals surface area contributed by atoms with E-state index in [0.29, 0.717) is 16.6 Å². The molecular formula is C18H25Cl2N5O. The van der Waals surface area contributed by atoms with Crippen LogP contribution in [0.5, 0.6) is 0 Å². The Labute approximate surface area is 165 Å². The molecule has 3 rings (SSSR count). The van der Waals surface area contributed by atoms with Gasteiger partial charge in [-0.2, -0.15) is 0 Å². The van der Waals surface area contributed by atoms with Crippen LogP contribution in [0.2, 0.25) is 5.02 Å². The van der Waals surface area contributed by atoms with Gasteiger partial charge in [-0.3, -0.25) is 4.79 Å². The highest BCUT2D eigenvalue weighted by molar-refractivity contribution is 6.30. The van der Waals surface area contributed by atoms with E-state index >= 15 is 0 Å². The van der Waals surface area contributed by atoms with E-state index in [1.165, 1.54) is 0 Å². The molecule has 2 N–H and O–H groups in total. The molecule has 1 aliphatic rings. The topological polar surface area (TPSA) is 71.8 Å². The minimum atomic E-state index is -0.155. The average molecular weight is 398 g/mol. The number of hydrogen-bond acceptors (Lipinski definition) is 4. The number of piperidine rings is 1. The maximum absolute atomic E-state index is 12.8. The molecule has 26 heavy (non-hydrogen) atoms. The quantitative estimate of drug-likeness (QED) is 0.812. The first-order valence-electron chi connectivity index (χ1n) is 8.82. The van der Waals surface area contributed by atoms with Crippen molar-refractivity contribution in [2.75, 3.05) is 13.1 Å². The van der Waals surface area contributed by atoms with Crippen LogP contribution in [0, 0.1) is 5.92 Å². The number of carbonyl (C=O) groups excluding carboxylic acids is 1. The molecule has 1 aromatic carbocycles. The predicted octanol–water partition coefficient (Wildman–Crippen LogP) is 3.02. The maximum atomic E-state index is 12.8. The monoisotopic (exact) mass is 397 g/mol. The molecule has 1 amide bonds. The summed E-state index contributed by atoms with van der Waals surface area (Å²) < 4.78 is 1.72. The smallest absolute Gasteiger partial charge is 0.274 e. The lowest BCUT2D eigenvalue weighted by Gasteiger charge is -2.30. The van der Waals surface area contributed by atoms with E-state index in [-0.39, 0.29) is 24.4 Å². The molecule has 1 saturated heterocycles. The van der Waals surface area contributed by atoms with E-state index in [2.05, 4.69) is 34.8 Å². The number of nitrogens with zero attached hydrogens (tertiary/aromatic N) is 3. The Morgan fingerprint density at radius 1 is 1.46 bits per heavy atom. The molecule has 0 saturated carbocycles. The Kier molecular flexibility index (Phi) is 7.43. The van der Waals surface area contributed by atoms with E-state index < -0.39 is 0 Å². The van der Waals surface area contributed by atoms with Gasteiger partial charge in [-0.25, -0.2) is 4.68 Å². The first kappa shape index (κ1) is 20.7. The largest absolute Gasteiger partial charge is 0.346 e. The number of halogens is 2. The van der Waals surface area contributed by atoms with Gasteiger partial charge in [-0.15, -0.1) is 17.5 Å². The summed E-state index contributed by atoms with van der Waals surface area (Å²) in [6, 6.07) is 7.53. The van der Waals surface area contributed by atoms with Gasteiger partial charge in [0.1, 0.15) is 0 Å². The van der Waals surface area contributed by atoms with Crippen molar-refractivity contribution in [1.82, 2.24) is 25.6 Å². The van der Waals surface area contributed by atoms with Gasteiger partial charge in [0, 0.05) is 17.6 Å². The summed E-state index contributed by atoms with van der Waals surface area (Å²) in [6.07, 6.45) is 2.68. The van der Waals surface area contributed by atoms with Gasteiger partial charge in [-0.05, 0) is 43.5 Å². The second-order valence-electron chi connectivity index (χ2n) is 6.58. The van der Waals surface area contributed by atoms with Crippen molar-refractivity contribution in [1.29, 1.82) is 0 Å². The van der Waals surface area contributed by atoms with Gasteiger partial charge >= 0.3 is 0 Å². The molecule has 0 aliphatic carbocycles. The number of nitrogens with one attached hydrogen (secondary N) is 2. The molecule has 6 nitrogen and oxygen atoms in total. The van der Waals surface area contributed by atoms with Crippen LogP contribution in [-0.2, 0) is 6.42 Å². The molecule has 0 spiro atoms. The Bertz CT molecular complexity index is 749. The molecular weight excluding hydrogens is 373 g/mol. The number of carbonyl (C=O) groups is 1. The first-order valence-corrected chi connectivity index (χ1v) is 9.20.